The normalized spacial score (nSPS) is 16.5. The van der Waals surface area contributed by atoms with Crippen LogP contribution in [0.5, 0.6) is 0 Å². The highest BCUT2D eigenvalue weighted by Gasteiger charge is 2.25. The minimum absolute atomic E-state index is 0. The Kier molecular flexibility index (Phi) is 9.15. The maximum Gasteiger partial charge on any atom is 0.243 e. The van der Waals surface area contributed by atoms with Crippen molar-refractivity contribution in [3.8, 4) is 0 Å². The van der Waals surface area contributed by atoms with Gasteiger partial charge >= 0.3 is 0 Å². The zero-order chi connectivity index (χ0) is 17.6. The Morgan fingerprint density at radius 1 is 1.20 bits per heavy atom. The fourth-order valence-corrected chi connectivity index (χ4v) is 4.08. The number of aliphatic imine (C=N–C) groups is 1. The Balaban J connectivity index is 0.00000312. The molecule has 1 fully saturated rings. The van der Waals surface area contributed by atoms with Gasteiger partial charge in [0.1, 0.15) is 0 Å². The van der Waals surface area contributed by atoms with Gasteiger partial charge in [0.15, 0.2) is 5.96 Å². The molecule has 0 atom stereocenters. The van der Waals surface area contributed by atoms with Gasteiger partial charge in [-0.3, -0.25) is 0 Å². The molecular formula is C17H29IN4O2S. The lowest BCUT2D eigenvalue weighted by Gasteiger charge is -2.25. The van der Waals surface area contributed by atoms with Gasteiger partial charge in [0.2, 0.25) is 10.0 Å². The minimum Gasteiger partial charge on any atom is -0.370 e. The van der Waals surface area contributed by atoms with E-state index in [-0.39, 0.29) is 24.0 Å². The van der Waals surface area contributed by atoms with E-state index in [4.69, 9.17) is 5.73 Å². The van der Waals surface area contributed by atoms with Crippen molar-refractivity contribution in [1.29, 1.82) is 0 Å². The highest BCUT2D eigenvalue weighted by molar-refractivity contribution is 14.0. The molecule has 3 N–H and O–H groups in total. The van der Waals surface area contributed by atoms with Crippen LogP contribution in [-0.4, -0.2) is 38.3 Å². The molecule has 1 aromatic rings. The first-order valence-corrected chi connectivity index (χ1v) is 9.96. The summed E-state index contributed by atoms with van der Waals surface area (Å²) in [5, 5.41) is 3.06. The van der Waals surface area contributed by atoms with Crippen molar-refractivity contribution in [3.05, 3.63) is 29.8 Å². The second-order valence-electron chi connectivity index (χ2n) is 6.58. The maximum atomic E-state index is 12.6. The number of rotatable bonds is 6. The Morgan fingerprint density at radius 3 is 2.36 bits per heavy atom. The molecule has 1 saturated heterocycles. The lowest BCUT2D eigenvalue weighted by atomic mass is 10.2. The van der Waals surface area contributed by atoms with Crippen LogP contribution in [-0.2, 0) is 16.6 Å². The molecule has 0 saturated carbocycles. The molecule has 1 aliphatic rings. The molecule has 0 radical (unpaired) electrons. The van der Waals surface area contributed by atoms with E-state index in [0.717, 1.165) is 31.4 Å². The molecule has 1 heterocycles. The second kappa shape index (κ2) is 10.3. The van der Waals surface area contributed by atoms with Crippen molar-refractivity contribution in [2.45, 2.75) is 44.6 Å². The molecule has 142 valence electrons. The highest BCUT2D eigenvalue weighted by atomic mass is 127. The minimum atomic E-state index is -3.37. The summed E-state index contributed by atoms with van der Waals surface area (Å²) >= 11 is 0. The first kappa shape index (κ1) is 22.2. The van der Waals surface area contributed by atoms with Gasteiger partial charge in [-0.05, 0) is 36.5 Å². The number of guanidine groups is 1. The molecule has 25 heavy (non-hydrogen) atoms. The monoisotopic (exact) mass is 480 g/mol. The smallest absolute Gasteiger partial charge is 0.243 e. The van der Waals surface area contributed by atoms with E-state index in [2.05, 4.69) is 24.2 Å². The van der Waals surface area contributed by atoms with Crippen molar-refractivity contribution >= 4 is 40.0 Å². The van der Waals surface area contributed by atoms with Crippen LogP contribution in [0.25, 0.3) is 0 Å². The summed E-state index contributed by atoms with van der Waals surface area (Å²) in [6.45, 7) is 6.64. The fourth-order valence-electron chi connectivity index (χ4n) is 2.56. The van der Waals surface area contributed by atoms with Gasteiger partial charge in [0.25, 0.3) is 0 Å². The number of piperidine rings is 1. The summed E-state index contributed by atoms with van der Waals surface area (Å²) in [6, 6.07) is 6.92. The molecule has 0 spiro atoms. The number of nitrogens with one attached hydrogen (secondary N) is 1. The predicted octanol–water partition coefficient (Wildman–Crippen LogP) is 2.54. The molecule has 6 nitrogen and oxygen atoms in total. The second-order valence-corrected chi connectivity index (χ2v) is 8.52. The van der Waals surface area contributed by atoms with Crippen molar-refractivity contribution in [2.24, 2.45) is 16.6 Å². The first-order valence-electron chi connectivity index (χ1n) is 8.52. The predicted molar refractivity (Wildman–Crippen MR) is 113 cm³/mol. The van der Waals surface area contributed by atoms with E-state index in [0.29, 0.717) is 36.4 Å². The van der Waals surface area contributed by atoms with E-state index in [1.54, 1.807) is 28.6 Å². The van der Waals surface area contributed by atoms with Gasteiger partial charge in [-0.2, -0.15) is 4.31 Å². The third-order valence-electron chi connectivity index (χ3n) is 4.00. The molecule has 0 unspecified atom stereocenters. The van der Waals surface area contributed by atoms with Crippen molar-refractivity contribution < 1.29 is 8.42 Å². The number of nitrogens with zero attached hydrogens (tertiary/aromatic N) is 2. The molecule has 0 amide bonds. The summed E-state index contributed by atoms with van der Waals surface area (Å²) < 4.78 is 26.7. The van der Waals surface area contributed by atoms with Gasteiger partial charge < -0.3 is 11.1 Å². The SMILES string of the molecule is CC(C)CNC(N)=NCc1ccc(S(=O)(=O)N2CCCCC2)cc1.I. The Morgan fingerprint density at radius 2 is 1.80 bits per heavy atom. The first-order chi connectivity index (χ1) is 11.4. The fraction of sp³-hybridized carbons (Fsp3) is 0.588. The van der Waals surface area contributed by atoms with Crippen LogP contribution in [0.3, 0.4) is 0 Å². The average Bonchev–Trinajstić information content (AvgIpc) is 2.59. The summed E-state index contributed by atoms with van der Waals surface area (Å²) in [5.41, 5.74) is 6.74. The number of sulfonamides is 1. The number of hydrogen-bond acceptors (Lipinski definition) is 3. The molecule has 1 aliphatic heterocycles. The maximum absolute atomic E-state index is 12.6. The van der Waals surface area contributed by atoms with Crippen molar-refractivity contribution in [1.82, 2.24) is 9.62 Å². The molecule has 0 bridgehead atoms. The number of halogens is 1. The van der Waals surface area contributed by atoms with Crippen LogP contribution < -0.4 is 11.1 Å². The van der Waals surface area contributed by atoms with Gasteiger partial charge in [0, 0.05) is 19.6 Å². The molecule has 0 aliphatic carbocycles. The standard InChI is InChI=1S/C17H28N4O2S.HI/c1-14(2)12-19-17(18)20-13-15-6-8-16(9-7-15)24(22,23)21-10-4-3-5-11-21;/h6-9,14H,3-5,10-13H2,1-2H3,(H3,18,19,20);1H. The van der Waals surface area contributed by atoms with Crippen LogP contribution in [0.2, 0.25) is 0 Å². The van der Waals surface area contributed by atoms with E-state index >= 15 is 0 Å². The molecule has 8 heteroatoms. The quantitative estimate of drug-likeness (QED) is 0.372. The summed E-state index contributed by atoms with van der Waals surface area (Å²) in [6.07, 6.45) is 2.98. The molecule has 1 aromatic carbocycles. The van der Waals surface area contributed by atoms with E-state index < -0.39 is 10.0 Å². The van der Waals surface area contributed by atoms with Gasteiger partial charge in [0.05, 0.1) is 11.4 Å². The third-order valence-corrected chi connectivity index (χ3v) is 5.91. The van der Waals surface area contributed by atoms with Crippen LogP contribution in [0.4, 0.5) is 0 Å². The molecule has 2 rings (SSSR count). The van der Waals surface area contributed by atoms with Gasteiger partial charge in [-0.15, -0.1) is 24.0 Å². The topological polar surface area (TPSA) is 87.8 Å². The lowest BCUT2D eigenvalue weighted by molar-refractivity contribution is 0.346. The largest absolute Gasteiger partial charge is 0.370 e. The van der Waals surface area contributed by atoms with E-state index in [1.165, 1.54) is 0 Å². The summed E-state index contributed by atoms with van der Waals surface area (Å²) in [7, 11) is -3.37. The van der Waals surface area contributed by atoms with Crippen LogP contribution in [0.15, 0.2) is 34.2 Å². The van der Waals surface area contributed by atoms with E-state index in [9.17, 15) is 8.42 Å². The van der Waals surface area contributed by atoms with Crippen molar-refractivity contribution in [3.63, 3.8) is 0 Å². The highest BCUT2D eigenvalue weighted by Crippen LogP contribution is 2.20. The summed E-state index contributed by atoms with van der Waals surface area (Å²) in [4.78, 5) is 4.62. The Bertz CT molecular complexity index is 654. The molecular weight excluding hydrogens is 451 g/mol. The van der Waals surface area contributed by atoms with Crippen LogP contribution in [0, 0.1) is 5.92 Å². The van der Waals surface area contributed by atoms with Gasteiger partial charge in [-0.1, -0.05) is 32.4 Å². The number of hydrogen-bond donors (Lipinski definition) is 2. The zero-order valence-corrected chi connectivity index (χ0v) is 18.1. The van der Waals surface area contributed by atoms with E-state index in [1.807, 2.05) is 0 Å². The summed E-state index contributed by atoms with van der Waals surface area (Å²) in [5.74, 6) is 0.909. The van der Waals surface area contributed by atoms with Gasteiger partial charge in [-0.25, -0.2) is 13.4 Å². The lowest BCUT2D eigenvalue weighted by Crippen LogP contribution is -2.35. The van der Waals surface area contributed by atoms with Crippen molar-refractivity contribution in [2.75, 3.05) is 19.6 Å². The van der Waals surface area contributed by atoms with Crippen LogP contribution >= 0.6 is 24.0 Å². The average molecular weight is 480 g/mol. The third kappa shape index (κ3) is 6.74. The Hall–Kier alpha value is -0.870. The Labute approximate surface area is 168 Å². The number of nitrogens with two attached hydrogens (primary N) is 1. The zero-order valence-electron chi connectivity index (χ0n) is 14.9. The number of benzene rings is 1. The molecule has 0 aromatic heterocycles. The van der Waals surface area contributed by atoms with Crippen LogP contribution in [0.1, 0.15) is 38.7 Å².